The van der Waals surface area contributed by atoms with E-state index in [2.05, 4.69) is 51.8 Å². The van der Waals surface area contributed by atoms with Crippen molar-refractivity contribution in [3.63, 3.8) is 0 Å². The van der Waals surface area contributed by atoms with Crippen LogP contribution in [0.3, 0.4) is 0 Å². The maximum atomic E-state index is 11.7. The van der Waals surface area contributed by atoms with E-state index in [4.69, 9.17) is 4.98 Å². The molecule has 3 aromatic rings. The van der Waals surface area contributed by atoms with Gasteiger partial charge >= 0.3 is 0 Å². The van der Waals surface area contributed by atoms with Crippen LogP contribution in [0.15, 0.2) is 42.9 Å². The van der Waals surface area contributed by atoms with Crippen LogP contribution < -0.4 is 5.01 Å². The molecule has 1 saturated heterocycles. The van der Waals surface area contributed by atoms with Crippen LogP contribution in [0.1, 0.15) is 49.8 Å². The summed E-state index contributed by atoms with van der Waals surface area (Å²) in [5, 5.41) is 11.3. The van der Waals surface area contributed by atoms with E-state index < -0.39 is 0 Å². The molecule has 0 bridgehead atoms. The molecule has 1 aliphatic heterocycles. The fourth-order valence-corrected chi connectivity index (χ4v) is 4.65. The maximum absolute atomic E-state index is 11.7. The van der Waals surface area contributed by atoms with Crippen LogP contribution in [0.4, 0.5) is 0 Å². The summed E-state index contributed by atoms with van der Waals surface area (Å²) < 4.78 is 1.90. The van der Waals surface area contributed by atoms with Gasteiger partial charge in [0.05, 0.1) is 40.6 Å². The molecule has 0 spiro atoms. The Morgan fingerprint density at radius 2 is 1.94 bits per heavy atom. The zero-order valence-electron chi connectivity index (χ0n) is 21.0. The number of hydrogen-bond donors (Lipinski definition) is 0. The lowest BCUT2D eigenvalue weighted by molar-refractivity contribution is -0.104. The minimum Gasteiger partial charge on any atom is -0.363 e. The molecule has 0 amide bonds. The van der Waals surface area contributed by atoms with Crippen molar-refractivity contribution in [2.75, 3.05) is 38.7 Å². The Morgan fingerprint density at radius 3 is 2.60 bits per heavy atom. The van der Waals surface area contributed by atoms with Crippen molar-refractivity contribution in [2.24, 2.45) is 0 Å². The monoisotopic (exact) mass is 472 g/mol. The number of imidazole rings is 1. The molecule has 0 saturated carbocycles. The summed E-state index contributed by atoms with van der Waals surface area (Å²) in [6.45, 7) is 8.64. The van der Waals surface area contributed by atoms with Gasteiger partial charge in [0.1, 0.15) is 6.29 Å². The normalized spacial score (nSPS) is 18.8. The molecule has 0 aliphatic carbocycles. The van der Waals surface area contributed by atoms with Gasteiger partial charge in [-0.1, -0.05) is 6.07 Å². The van der Waals surface area contributed by atoms with Crippen molar-refractivity contribution in [1.29, 1.82) is 5.26 Å². The zero-order chi connectivity index (χ0) is 25.1. The zero-order valence-corrected chi connectivity index (χ0v) is 21.0. The molecule has 9 nitrogen and oxygen atoms in total. The fraction of sp³-hybridized carbons (Fsp3) is 0.423. The number of rotatable bonds is 7. The molecule has 0 N–H and O–H groups in total. The van der Waals surface area contributed by atoms with Gasteiger partial charge in [0, 0.05) is 64.3 Å². The lowest BCUT2D eigenvalue weighted by Gasteiger charge is -2.44. The Kier molecular flexibility index (Phi) is 7.12. The number of nitrogens with zero attached hydrogens (tertiary/aromatic N) is 8. The molecule has 0 radical (unpaired) electrons. The summed E-state index contributed by atoms with van der Waals surface area (Å²) in [7, 11) is 3.84. The first-order valence-corrected chi connectivity index (χ1v) is 11.9. The van der Waals surface area contributed by atoms with Gasteiger partial charge in [-0.2, -0.15) is 5.26 Å². The topological polar surface area (TPSA) is 94.2 Å². The van der Waals surface area contributed by atoms with Crippen LogP contribution in [0, 0.1) is 11.3 Å². The number of nitriles is 1. The van der Waals surface area contributed by atoms with Gasteiger partial charge < -0.3 is 9.91 Å². The number of aldehydes is 1. The number of carbonyl (C=O) groups excluding carboxylic acids is 1. The Balaban J connectivity index is 1.57. The van der Waals surface area contributed by atoms with Crippen LogP contribution in [0.25, 0.3) is 16.7 Å². The van der Waals surface area contributed by atoms with E-state index in [0.717, 1.165) is 42.7 Å². The van der Waals surface area contributed by atoms with E-state index in [1.54, 1.807) is 18.5 Å². The second kappa shape index (κ2) is 10.2. The highest BCUT2D eigenvalue weighted by molar-refractivity contribution is 5.79. The molecular weight excluding hydrogens is 440 g/mol. The molecule has 182 valence electrons. The molecule has 1 aliphatic rings. The Bertz CT molecular complexity index is 1270. The van der Waals surface area contributed by atoms with Crippen LogP contribution in [0.5, 0.6) is 0 Å². The summed E-state index contributed by atoms with van der Waals surface area (Å²) in [5.41, 5.74) is 4.46. The fourth-order valence-electron chi connectivity index (χ4n) is 4.65. The standard InChI is InChI=1S/C26H32N8O/c1-18(15-27)24-17-34(31(4)5)26(30-24)25(8-13-35)33-12-11-32(16-19(33)2)20(3)21-6-7-22-23(14-21)29-10-9-28-22/h6-10,13-14,17-20H,11-12,16H2,1-5H3/b25-8+. The molecular formula is C26H32N8O. The second-order valence-electron chi connectivity index (χ2n) is 9.24. The van der Waals surface area contributed by atoms with E-state index in [-0.39, 0.29) is 18.0 Å². The Morgan fingerprint density at radius 1 is 1.20 bits per heavy atom. The SMILES string of the molecule is CC(C#N)c1cn(N(C)C)c(/C(=C\C=O)N2CCN(C(C)c3ccc4nccnc4c3)CC2C)n1. The molecule has 1 fully saturated rings. The van der Waals surface area contributed by atoms with Crippen molar-refractivity contribution < 1.29 is 4.79 Å². The first-order chi connectivity index (χ1) is 16.8. The third-order valence-corrected chi connectivity index (χ3v) is 6.72. The van der Waals surface area contributed by atoms with Crippen molar-refractivity contribution in [3.05, 3.63) is 59.9 Å². The summed E-state index contributed by atoms with van der Waals surface area (Å²) in [4.78, 5) is 29.9. The average molecular weight is 473 g/mol. The Labute approximate surface area is 206 Å². The van der Waals surface area contributed by atoms with E-state index in [1.807, 2.05) is 43.0 Å². The van der Waals surface area contributed by atoms with Crippen LogP contribution in [-0.2, 0) is 4.79 Å². The lowest BCUT2D eigenvalue weighted by Crippen LogP contribution is -2.51. The molecule has 4 rings (SSSR count). The number of hydrogen-bond acceptors (Lipinski definition) is 8. The number of allylic oxidation sites excluding steroid dienone is 1. The van der Waals surface area contributed by atoms with Crippen molar-refractivity contribution in [1.82, 2.24) is 29.4 Å². The first-order valence-electron chi connectivity index (χ1n) is 11.9. The largest absolute Gasteiger partial charge is 0.363 e. The van der Waals surface area contributed by atoms with E-state index in [9.17, 15) is 10.1 Å². The van der Waals surface area contributed by atoms with Crippen molar-refractivity contribution >= 4 is 23.0 Å². The lowest BCUT2D eigenvalue weighted by atomic mass is 10.0. The van der Waals surface area contributed by atoms with Crippen molar-refractivity contribution in [3.8, 4) is 6.07 Å². The molecule has 3 heterocycles. The summed E-state index contributed by atoms with van der Waals surface area (Å²) in [6, 6.07) is 8.90. The third kappa shape index (κ3) is 4.88. The van der Waals surface area contributed by atoms with E-state index >= 15 is 0 Å². The number of piperazine rings is 1. The van der Waals surface area contributed by atoms with Gasteiger partial charge in [-0.25, -0.2) is 9.66 Å². The van der Waals surface area contributed by atoms with Crippen LogP contribution in [0.2, 0.25) is 0 Å². The van der Waals surface area contributed by atoms with Gasteiger partial charge in [-0.3, -0.25) is 19.7 Å². The predicted octanol–water partition coefficient (Wildman–Crippen LogP) is 2.96. The maximum Gasteiger partial charge on any atom is 0.175 e. The number of carbonyl (C=O) groups is 1. The summed E-state index contributed by atoms with van der Waals surface area (Å²) in [5.74, 6) is 0.329. The highest BCUT2D eigenvalue weighted by atomic mass is 16.1. The number of fused-ring (bicyclic) bond motifs is 1. The molecule has 3 atom stereocenters. The van der Waals surface area contributed by atoms with Gasteiger partial charge in [0.2, 0.25) is 0 Å². The predicted molar refractivity (Wildman–Crippen MR) is 136 cm³/mol. The van der Waals surface area contributed by atoms with E-state index in [0.29, 0.717) is 11.5 Å². The smallest absolute Gasteiger partial charge is 0.175 e. The highest BCUT2D eigenvalue weighted by Crippen LogP contribution is 2.30. The molecule has 3 unspecified atom stereocenters. The third-order valence-electron chi connectivity index (χ3n) is 6.72. The minimum absolute atomic E-state index is 0.154. The quantitative estimate of drug-likeness (QED) is 0.383. The second-order valence-corrected chi connectivity index (χ2v) is 9.24. The van der Waals surface area contributed by atoms with Gasteiger partial charge in [0.15, 0.2) is 5.82 Å². The summed E-state index contributed by atoms with van der Waals surface area (Å²) >= 11 is 0. The molecule has 1 aromatic carbocycles. The van der Waals surface area contributed by atoms with E-state index in [1.165, 1.54) is 5.56 Å². The van der Waals surface area contributed by atoms with Gasteiger partial charge in [0.25, 0.3) is 0 Å². The molecule has 2 aromatic heterocycles. The number of aromatic nitrogens is 4. The number of benzene rings is 1. The van der Waals surface area contributed by atoms with Crippen LogP contribution >= 0.6 is 0 Å². The average Bonchev–Trinajstić information content (AvgIpc) is 3.32. The summed E-state index contributed by atoms with van der Waals surface area (Å²) in [6.07, 6.45) is 7.70. The molecule has 9 heteroatoms. The highest BCUT2D eigenvalue weighted by Gasteiger charge is 2.31. The minimum atomic E-state index is -0.339. The first kappa shape index (κ1) is 24.4. The van der Waals surface area contributed by atoms with Gasteiger partial charge in [-0.15, -0.1) is 0 Å². The van der Waals surface area contributed by atoms with Crippen LogP contribution in [-0.4, -0.2) is 75.5 Å². The Hall–Kier alpha value is -3.77. The van der Waals surface area contributed by atoms with Gasteiger partial charge in [-0.05, 0) is 38.5 Å². The van der Waals surface area contributed by atoms with Crippen molar-refractivity contribution in [2.45, 2.75) is 38.8 Å². The molecule has 35 heavy (non-hydrogen) atoms.